The number of non-ortho nitro benzene ring substituents is 1. The van der Waals surface area contributed by atoms with E-state index in [2.05, 4.69) is 31.4 Å². The van der Waals surface area contributed by atoms with Gasteiger partial charge in [-0.2, -0.15) is 0 Å². The standard InChI is InChI=1S/C16H11BrN4O4S/c17-11-4-1-3-10(7-11)15-19-20-16(25-15)26-9-14(22)18-12-5-2-6-13(8-12)21(23)24/h1-8H,9H2,(H,18,22). The second-order valence-electron chi connectivity index (χ2n) is 5.03. The molecule has 2 aromatic carbocycles. The average molecular weight is 435 g/mol. The van der Waals surface area contributed by atoms with Gasteiger partial charge >= 0.3 is 0 Å². The zero-order valence-corrected chi connectivity index (χ0v) is 15.5. The number of hydrogen-bond donors (Lipinski definition) is 1. The molecule has 10 heteroatoms. The van der Waals surface area contributed by atoms with Crippen molar-refractivity contribution in [3.8, 4) is 11.5 Å². The van der Waals surface area contributed by atoms with E-state index in [0.717, 1.165) is 21.8 Å². The molecule has 3 rings (SSSR count). The molecule has 0 unspecified atom stereocenters. The van der Waals surface area contributed by atoms with E-state index >= 15 is 0 Å². The van der Waals surface area contributed by atoms with Crippen molar-refractivity contribution in [2.24, 2.45) is 0 Å². The van der Waals surface area contributed by atoms with Crippen LogP contribution in [-0.2, 0) is 4.79 Å². The fourth-order valence-electron chi connectivity index (χ4n) is 2.03. The molecule has 3 aromatic rings. The zero-order chi connectivity index (χ0) is 18.5. The van der Waals surface area contributed by atoms with E-state index in [-0.39, 0.29) is 22.6 Å². The second kappa shape index (κ2) is 8.11. The van der Waals surface area contributed by atoms with Crippen molar-refractivity contribution in [2.75, 3.05) is 11.1 Å². The first kappa shape index (κ1) is 18.1. The third-order valence-electron chi connectivity index (χ3n) is 3.15. The number of nitrogens with zero attached hydrogens (tertiary/aromatic N) is 3. The molecule has 0 fully saturated rings. The molecule has 26 heavy (non-hydrogen) atoms. The molecule has 0 aliphatic carbocycles. The van der Waals surface area contributed by atoms with E-state index in [1.54, 1.807) is 6.07 Å². The molecular weight excluding hydrogens is 424 g/mol. The van der Waals surface area contributed by atoms with Gasteiger partial charge < -0.3 is 9.73 Å². The van der Waals surface area contributed by atoms with Crippen molar-refractivity contribution in [1.82, 2.24) is 10.2 Å². The Labute approximate surface area is 160 Å². The van der Waals surface area contributed by atoms with Crippen LogP contribution in [0.4, 0.5) is 11.4 Å². The topological polar surface area (TPSA) is 111 Å². The van der Waals surface area contributed by atoms with Crippen LogP contribution in [0, 0.1) is 10.1 Å². The van der Waals surface area contributed by atoms with Crippen molar-refractivity contribution in [3.05, 3.63) is 63.1 Å². The monoisotopic (exact) mass is 434 g/mol. The highest BCUT2D eigenvalue weighted by molar-refractivity contribution is 9.10. The molecule has 1 aromatic heterocycles. The SMILES string of the molecule is O=C(CSc1nnc(-c2cccc(Br)c2)o1)Nc1cccc([N+](=O)[O-])c1. The van der Waals surface area contributed by atoms with Gasteiger partial charge in [-0.15, -0.1) is 10.2 Å². The Bertz CT molecular complexity index is 963. The number of anilines is 1. The molecule has 0 aliphatic rings. The molecule has 132 valence electrons. The largest absolute Gasteiger partial charge is 0.411 e. The maximum Gasteiger partial charge on any atom is 0.277 e. The van der Waals surface area contributed by atoms with Crippen LogP contribution >= 0.6 is 27.7 Å². The van der Waals surface area contributed by atoms with Crippen LogP contribution in [0.5, 0.6) is 0 Å². The number of halogens is 1. The molecule has 0 bridgehead atoms. The van der Waals surface area contributed by atoms with Crippen molar-refractivity contribution < 1.29 is 14.1 Å². The Hall–Kier alpha value is -2.72. The van der Waals surface area contributed by atoms with E-state index in [0.29, 0.717) is 11.6 Å². The Morgan fingerprint density at radius 1 is 1.23 bits per heavy atom. The number of rotatable bonds is 6. The third kappa shape index (κ3) is 4.67. The first-order chi connectivity index (χ1) is 12.5. The number of nitro groups is 1. The first-order valence-corrected chi connectivity index (χ1v) is 9.06. The predicted octanol–water partition coefficient (Wildman–Crippen LogP) is 4.14. The fraction of sp³-hybridized carbons (Fsp3) is 0.0625. The molecule has 0 saturated carbocycles. The number of amides is 1. The van der Waals surface area contributed by atoms with E-state index in [1.165, 1.54) is 18.2 Å². The quantitative estimate of drug-likeness (QED) is 0.352. The number of aromatic nitrogens is 2. The van der Waals surface area contributed by atoms with Gasteiger partial charge in [0.05, 0.1) is 10.7 Å². The summed E-state index contributed by atoms with van der Waals surface area (Å²) in [7, 11) is 0. The van der Waals surface area contributed by atoms with Gasteiger partial charge in [-0.05, 0) is 24.3 Å². The minimum Gasteiger partial charge on any atom is -0.411 e. The van der Waals surface area contributed by atoms with Gasteiger partial charge in [0.25, 0.3) is 10.9 Å². The first-order valence-electron chi connectivity index (χ1n) is 7.28. The smallest absolute Gasteiger partial charge is 0.277 e. The normalized spacial score (nSPS) is 10.5. The zero-order valence-electron chi connectivity index (χ0n) is 13.1. The van der Waals surface area contributed by atoms with Crippen LogP contribution in [0.15, 0.2) is 62.6 Å². The van der Waals surface area contributed by atoms with Crippen molar-refractivity contribution >= 4 is 45.0 Å². The van der Waals surface area contributed by atoms with Gasteiger partial charge in [-0.1, -0.05) is 39.8 Å². The van der Waals surface area contributed by atoms with Crippen LogP contribution in [0.1, 0.15) is 0 Å². The number of hydrogen-bond acceptors (Lipinski definition) is 7. The van der Waals surface area contributed by atoms with Crippen molar-refractivity contribution in [2.45, 2.75) is 5.22 Å². The molecule has 0 saturated heterocycles. The molecular formula is C16H11BrN4O4S. The summed E-state index contributed by atoms with van der Waals surface area (Å²) in [6.07, 6.45) is 0. The van der Waals surface area contributed by atoms with Crippen molar-refractivity contribution in [3.63, 3.8) is 0 Å². The molecule has 8 nitrogen and oxygen atoms in total. The minimum atomic E-state index is -0.522. The van der Waals surface area contributed by atoms with Crippen LogP contribution in [0.25, 0.3) is 11.5 Å². The van der Waals surface area contributed by atoms with Gasteiger partial charge in [0, 0.05) is 27.9 Å². The van der Waals surface area contributed by atoms with Gasteiger partial charge in [0.1, 0.15) is 0 Å². The van der Waals surface area contributed by atoms with Gasteiger partial charge in [0.15, 0.2) is 0 Å². The lowest BCUT2D eigenvalue weighted by Crippen LogP contribution is -2.14. The highest BCUT2D eigenvalue weighted by Crippen LogP contribution is 2.25. The van der Waals surface area contributed by atoms with Gasteiger partial charge in [0.2, 0.25) is 11.8 Å². The number of thioether (sulfide) groups is 1. The summed E-state index contributed by atoms with van der Waals surface area (Å²) >= 11 is 4.45. The van der Waals surface area contributed by atoms with Crippen LogP contribution in [0.3, 0.4) is 0 Å². The number of nitrogens with one attached hydrogen (secondary N) is 1. The minimum absolute atomic E-state index is 0.0306. The van der Waals surface area contributed by atoms with Crippen LogP contribution in [-0.4, -0.2) is 26.8 Å². The summed E-state index contributed by atoms with van der Waals surface area (Å²) in [6.45, 7) is 0. The Morgan fingerprint density at radius 2 is 2.04 bits per heavy atom. The molecule has 0 spiro atoms. The molecule has 0 aliphatic heterocycles. The summed E-state index contributed by atoms with van der Waals surface area (Å²) in [5.41, 5.74) is 1.02. The summed E-state index contributed by atoms with van der Waals surface area (Å²) < 4.78 is 6.41. The molecule has 1 heterocycles. The van der Waals surface area contributed by atoms with E-state index < -0.39 is 4.92 Å². The van der Waals surface area contributed by atoms with E-state index in [1.807, 2.05) is 24.3 Å². The van der Waals surface area contributed by atoms with Crippen LogP contribution < -0.4 is 5.32 Å². The highest BCUT2D eigenvalue weighted by atomic mass is 79.9. The third-order valence-corrected chi connectivity index (χ3v) is 4.46. The fourth-order valence-corrected chi connectivity index (χ4v) is 2.99. The summed E-state index contributed by atoms with van der Waals surface area (Å²) in [6, 6.07) is 13.1. The maximum absolute atomic E-state index is 12.0. The Balaban J connectivity index is 1.58. The molecule has 1 amide bonds. The van der Waals surface area contributed by atoms with E-state index in [4.69, 9.17) is 4.42 Å². The summed E-state index contributed by atoms with van der Waals surface area (Å²) in [4.78, 5) is 22.2. The van der Waals surface area contributed by atoms with Crippen LogP contribution in [0.2, 0.25) is 0 Å². The lowest BCUT2D eigenvalue weighted by atomic mass is 10.2. The van der Waals surface area contributed by atoms with Gasteiger partial charge in [-0.3, -0.25) is 14.9 Å². The molecule has 0 atom stereocenters. The number of carbonyl (C=O) groups excluding carboxylic acids is 1. The number of nitro benzene ring substituents is 1. The predicted molar refractivity (Wildman–Crippen MR) is 99.9 cm³/mol. The lowest BCUT2D eigenvalue weighted by molar-refractivity contribution is -0.384. The Kier molecular flexibility index (Phi) is 5.64. The lowest BCUT2D eigenvalue weighted by Gasteiger charge is -2.03. The number of carbonyl (C=O) groups is 1. The summed E-state index contributed by atoms with van der Waals surface area (Å²) in [5.74, 6) is 0.0496. The molecule has 0 radical (unpaired) electrons. The molecule has 1 N–H and O–H groups in total. The summed E-state index contributed by atoms with van der Waals surface area (Å²) in [5, 5.41) is 21.5. The highest BCUT2D eigenvalue weighted by Gasteiger charge is 2.12. The van der Waals surface area contributed by atoms with Gasteiger partial charge in [-0.25, -0.2) is 0 Å². The Morgan fingerprint density at radius 3 is 2.81 bits per heavy atom. The van der Waals surface area contributed by atoms with E-state index in [9.17, 15) is 14.9 Å². The average Bonchev–Trinajstić information content (AvgIpc) is 3.09. The second-order valence-corrected chi connectivity index (χ2v) is 6.87. The number of benzene rings is 2. The van der Waals surface area contributed by atoms with Crippen molar-refractivity contribution in [1.29, 1.82) is 0 Å². The maximum atomic E-state index is 12.0.